The fourth-order valence-corrected chi connectivity index (χ4v) is 3.49. The van der Waals surface area contributed by atoms with Gasteiger partial charge in [-0.15, -0.1) is 0 Å². The molecular weight excluding hydrogens is 334 g/mol. The standard InChI is InChI=1S/C15H20BrN3O2/c16-14-12(2-1-3-13(14)17)15(20)19-5-4-11(10-19)18-6-8-21-9-7-18/h1-3,11H,4-10,17H2. The minimum atomic E-state index is 0.0601. The van der Waals surface area contributed by atoms with Crippen molar-refractivity contribution < 1.29 is 9.53 Å². The lowest BCUT2D eigenvalue weighted by atomic mass is 10.2. The summed E-state index contributed by atoms with van der Waals surface area (Å²) in [5, 5.41) is 0. The lowest BCUT2D eigenvalue weighted by molar-refractivity contribution is 0.0185. The highest BCUT2D eigenvalue weighted by Crippen LogP contribution is 2.27. The molecule has 2 heterocycles. The van der Waals surface area contributed by atoms with E-state index in [1.165, 1.54) is 0 Å². The molecule has 3 rings (SSSR count). The third-order valence-electron chi connectivity index (χ3n) is 4.27. The lowest BCUT2D eigenvalue weighted by Gasteiger charge is -2.32. The molecule has 2 N–H and O–H groups in total. The van der Waals surface area contributed by atoms with Gasteiger partial charge in [-0.05, 0) is 34.5 Å². The average Bonchev–Trinajstić information content (AvgIpc) is 3.00. The highest BCUT2D eigenvalue weighted by Gasteiger charge is 2.32. The van der Waals surface area contributed by atoms with Gasteiger partial charge in [-0.3, -0.25) is 9.69 Å². The maximum Gasteiger partial charge on any atom is 0.255 e. The van der Waals surface area contributed by atoms with Crippen molar-refractivity contribution in [2.45, 2.75) is 12.5 Å². The number of nitrogen functional groups attached to an aromatic ring is 1. The Balaban J connectivity index is 1.68. The Morgan fingerprint density at radius 2 is 2.05 bits per heavy atom. The Labute approximate surface area is 133 Å². The Bertz CT molecular complexity index is 532. The summed E-state index contributed by atoms with van der Waals surface area (Å²) >= 11 is 3.42. The lowest BCUT2D eigenvalue weighted by Crippen LogP contribution is -2.45. The van der Waals surface area contributed by atoms with Gasteiger partial charge in [0.15, 0.2) is 0 Å². The van der Waals surface area contributed by atoms with E-state index in [1.807, 2.05) is 17.0 Å². The Hall–Kier alpha value is -1.11. The van der Waals surface area contributed by atoms with E-state index in [1.54, 1.807) is 6.07 Å². The van der Waals surface area contributed by atoms with Gasteiger partial charge in [0.25, 0.3) is 5.91 Å². The van der Waals surface area contributed by atoms with Gasteiger partial charge in [0.05, 0.1) is 23.2 Å². The van der Waals surface area contributed by atoms with E-state index in [-0.39, 0.29) is 5.91 Å². The van der Waals surface area contributed by atoms with E-state index in [0.717, 1.165) is 45.8 Å². The molecule has 114 valence electrons. The number of ether oxygens (including phenoxy) is 1. The molecule has 2 aliphatic rings. The molecule has 2 fully saturated rings. The first-order valence-electron chi connectivity index (χ1n) is 7.32. The smallest absolute Gasteiger partial charge is 0.255 e. The number of nitrogens with zero attached hydrogens (tertiary/aromatic N) is 2. The number of hydrogen-bond donors (Lipinski definition) is 1. The van der Waals surface area contributed by atoms with Gasteiger partial charge in [0, 0.05) is 37.9 Å². The van der Waals surface area contributed by atoms with Crippen LogP contribution in [-0.4, -0.2) is 61.1 Å². The van der Waals surface area contributed by atoms with Crippen LogP contribution in [0.5, 0.6) is 0 Å². The molecule has 5 nitrogen and oxygen atoms in total. The number of anilines is 1. The van der Waals surface area contributed by atoms with Gasteiger partial charge in [-0.2, -0.15) is 0 Å². The van der Waals surface area contributed by atoms with Crippen LogP contribution >= 0.6 is 15.9 Å². The minimum Gasteiger partial charge on any atom is -0.398 e. The molecule has 1 atom stereocenters. The number of nitrogens with two attached hydrogens (primary N) is 1. The van der Waals surface area contributed by atoms with Crippen LogP contribution in [0.15, 0.2) is 22.7 Å². The van der Waals surface area contributed by atoms with Crippen molar-refractivity contribution in [3.63, 3.8) is 0 Å². The molecule has 0 aliphatic carbocycles. The maximum absolute atomic E-state index is 12.6. The first-order valence-corrected chi connectivity index (χ1v) is 8.11. The molecule has 0 bridgehead atoms. The number of amides is 1. The van der Waals surface area contributed by atoms with Crippen molar-refractivity contribution in [2.75, 3.05) is 45.1 Å². The van der Waals surface area contributed by atoms with Crippen LogP contribution in [0.1, 0.15) is 16.8 Å². The predicted octanol–water partition coefficient (Wildman–Crippen LogP) is 1.58. The fourth-order valence-electron chi connectivity index (χ4n) is 3.05. The number of benzene rings is 1. The van der Waals surface area contributed by atoms with Gasteiger partial charge in [0.2, 0.25) is 0 Å². The van der Waals surface area contributed by atoms with E-state index in [0.29, 0.717) is 21.8 Å². The number of carbonyl (C=O) groups is 1. The monoisotopic (exact) mass is 353 g/mol. The van der Waals surface area contributed by atoms with Gasteiger partial charge in [-0.25, -0.2) is 0 Å². The summed E-state index contributed by atoms with van der Waals surface area (Å²) in [6, 6.07) is 5.90. The van der Waals surface area contributed by atoms with Crippen LogP contribution in [0.2, 0.25) is 0 Å². The molecule has 21 heavy (non-hydrogen) atoms. The summed E-state index contributed by atoms with van der Waals surface area (Å²) < 4.78 is 6.09. The van der Waals surface area contributed by atoms with Gasteiger partial charge in [0.1, 0.15) is 0 Å². The molecule has 0 radical (unpaired) electrons. The first-order chi connectivity index (χ1) is 10.2. The van der Waals surface area contributed by atoms with E-state index >= 15 is 0 Å². The molecule has 1 amide bonds. The first kappa shape index (κ1) is 14.8. The summed E-state index contributed by atoms with van der Waals surface area (Å²) in [7, 11) is 0. The summed E-state index contributed by atoms with van der Waals surface area (Å²) in [6.45, 7) is 5.13. The van der Waals surface area contributed by atoms with E-state index < -0.39 is 0 Å². The number of hydrogen-bond acceptors (Lipinski definition) is 4. The zero-order valence-electron chi connectivity index (χ0n) is 11.9. The maximum atomic E-state index is 12.6. The number of likely N-dealkylation sites (tertiary alicyclic amines) is 1. The van der Waals surface area contributed by atoms with Crippen LogP contribution in [-0.2, 0) is 4.74 Å². The number of rotatable bonds is 2. The Morgan fingerprint density at radius 1 is 1.29 bits per heavy atom. The number of morpholine rings is 1. The summed E-state index contributed by atoms with van der Waals surface area (Å²) in [5.74, 6) is 0.0601. The SMILES string of the molecule is Nc1cccc(C(=O)N2CCC(N3CCOCC3)C2)c1Br. The number of halogens is 1. The van der Waals surface area contributed by atoms with E-state index in [2.05, 4.69) is 20.8 Å². The Kier molecular flexibility index (Phi) is 4.47. The fraction of sp³-hybridized carbons (Fsp3) is 0.533. The van der Waals surface area contributed by atoms with Crippen molar-refractivity contribution in [3.8, 4) is 0 Å². The second-order valence-electron chi connectivity index (χ2n) is 5.55. The molecule has 0 saturated carbocycles. The summed E-state index contributed by atoms with van der Waals surface area (Å²) in [5.41, 5.74) is 7.11. The van der Waals surface area contributed by atoms with Crippen molar-refractivity contribution in [3.05, 3.63) is 28.2 Å². The largest absolute Gasteiger partial charge is 0.398 e. The number of carbonyl (C=O) groups excluding carboxylic acids is 1. The topological polar surface area (TPSA) is 58.8 Å². The van der Waals surface area contributed by atoms with Crippen molar-refractivity contribution in [1.29, 1.82) is 0 Å². The molecule has 6 heteroatoms. The van der Waals surface area contributed by atoms with Crippen LogP contribution in [0, 0.1) is 0 Å². The highest BCUT2D eigenvalue weighted by atomic mass is 79.9. The second kappa shape index (κ2) is 6.34. The highest BCUT2D eigenvalue weighted by molar-refractivity contribution is 9.10. The quantitative estimate of drug-likeness (QED) is 0.820. The van der Waals surface area contributed by atoms with Gasteiger partial charge in [-0.1, -0.05) is 6.07 Å². The Morgan fingerprint density at radius 3 is 2.81 bits per heavy atom. The molecule has 2 aliphatic heterocycles. The van der Waals surface area contributed by atoms with Crippen molar-refractivity contribution in [1.82, 2.24) is 9.80 Å². The zero-order chi connectivity index (χ0) is 14.8. The van der Waals surface area contributed by atoms with Crippen molar-refractivity contribution >= 4 is 27.5 Å². The molecular formula is C15H20BrN3O2. The van der Waals surface area contributed by atoms with Crippen molar-refractivity contribution in [2.24, 2.45) is 0 Å². The molecule has 1 aromatic rings. The van der Waals surface area contributed by atoms with Crippen LogP contribution in [0.25, 0.3) is 0 Å². The second-order valence-corrected chi connectivity index (χ2v) is 6.34. The van der Waals surface area contributed by atoms with E-state index in [9.17, 15) is 4.79 Å². The molecule has 1 unspecified atom stereocenters. The van der Waals surface area contributed by atoms with E-state index in [4.69, 9.17) is 10.5 Å². The van der Waals surface area contributed by atoms with Crippen LogP contribution in [0.4, 0.5) is 5.69 Å². The minimum absolute atomic E-state index is 0.0601. The summed E-state index contributed by atoms with van der Waals surface area (Å²) in [4.78, 5) is 17.0. The average molecular weight is 354 g/mol. The molecule has 0 spiro atoms. The molecule has 0 aromatic heterocycles. The molecule has 1 aromatic carbocycles. The third-order valence-corrected chi connectivity index (χ3v) is 5.16. The van der Waals surface area contributed by atoms with Crippen LogP contribution in [0.3, 0.4) is 0 Å². The zero-order valence-corrected chi connectivity index (χ0v) is 13.5. The van der Waals surface area contributed by atoms with Gasteiger partial charge >= 0.3 is 0 Å². The summed E-state index contributed by atoms with van der Waals surface area (Å²) in [6.07, 6.45) is 1.03. The molecule has 2 saturated heterocycles. The van der Waals surface area contributed by atoms with Crippen LogP contribution < -0.4 is 5.73 Å². The predicted molar refractivity (Wildman–Crippen MR) is 85.3 cm³/mol. The van der Waals surface area contributed by atoms with Gasteiger partial charge < -0.3 is 15.4 Å². The normalized spacial score (nSPS) is 23.5. The third kappa shape index (κ3) is 3.07.